The summed E-state index contributed by atoms with van der Waals surface area (Å²) in [6.45, 7) is 0. The monoisotopic (exact) mass is 326 g/mol. The van der Waals surface area contributed by atoms with Gasteiger partial charge in [0.2, 0.25) is 0 Å². The predicted octanol–water partition coefficient (Wildman–Crippen LogP) is 3.92. The molecule has 0 amide bonds. The van der Waals surface area contributed by atoms with Gasteiger partial charge >= 0.3 is 0 Å². The van der Waals surface area contributed by atoms with Gasteiger partial charge in [-0.1, -0.05) is 28.4 Å². The van der Waals surface area contributed by atoms with E-state index in [-0.39, 0.29) is 11.9 Å². The van der Waals surface area contributed by atoms with Gasteiger partial charge in [-0.25, -0.2) is 4.39 Å². The van der Waals surface area contributed by atoms with Crippen LogP contribution < -0.4 is 11.3 Å². The molecular formula is C15H20BrFN2. The van der Waals surface area contributed by atoms with Gasteiger partial charge in [-0.15, -0.1) is 0 Å². The van der Waals surface area contributed by atoms with Crippen molar-refractivity contribution < 1.29 is 4.39 Å². The molecule has 19 heavy (non-hydrogen) atoms. The molecule has 4 heteroatoms. The minimum absolute atomic E-state index is 0.110. The van der Waals surface area contributed by atoms with E-state index in [9.17, 15) is 4.39 Å². The molecule has 4 unspecified atom stereocenters. The number of nitrogens with two attached hydrogens (primary N) is 1. The number of rotatable bonds is 4. The number of hydrogen-bond donors (Lipinski definition) is 2. The molecule has 0 aromatic heterocycles. The Kier molecular flexibility index (Phi) is 3.92. The molecule has 1 aromatic carbocycles. The molecule has 104 valence electrons. The van der Waals surface area contributed by atoms with Crippen LogP contribution in [0.2, 0.25) is 0 Å². The van der Waals surface area contributed by atoms with Crippen LogP contribution in [0.3, 0.4) is 0 Å². The van der Waals surface area contributed by atoms with Crippen LogP contribution >= 0.6 is 15.9 Å². The Morgan fingerprint density at radius 2 is 2.21 bits per heavy atom. The number of benzene rings is 1. The lowest BCUT2D eigenvalue weighted by molar-refractivity contribution is 0.279. The third-order valence-electron chi connectivity index (χ3n) is 4.96. The second-order valence-electron chi connectivity index (χ2n) is 6.06. The maximum atomic E-state index is 13.2. The number of nitrogens with one attached hydrogen (secondary N) is 1. The van der Waals surface area contributed by atoms with E-state index in [0.29, 0.717) is 0 Å². The lowest BCUT2D eigenvalue weighted by atomic mass is 9.83. The van der Waals surface area contributed by atoms with E-state index < -0.39 is 0 Å². The van der Waals surface area contributed by atoms with Crippen molar-refractivity contribution in [1.29, 1.82) is 0 Å². The van der Waals surface area contributed by atoms with E-state index in [1.807, 2.05) is 6.07 Å². The summed E-state index contributed by atoms with van der Waals surface area (Å²) in [4.78, 5) is 0. The third-order valence-corrected chi connectivity index (χ3v) is 5.65. The molecule has 3 rings (SSSR count). The van der Waals surface area contributed by atoms with Gasteiger partial charge in [0.1, 0.15) is 5.82 Å². The highest BCUT2D eigenvalue weighted by Gasteiger charge is 2.40. The Morgan fingerprint density at radius 1 is 1.37 bits per heavy atom. The van der Waals surface area contributed by atoms with Crippen molar-refractivity contribution in [2.45, 2.75) is 38.1 Å². The predicted molar refractivity (Wildman–Crippen MR) is 77.7 cm³/mol. The second kappa shape index (κ2) is 5.51. The smallest absolute Gasteiger partial charge is 0.124 e. The average molecular weight is 327 g/mol. The Labute approximate surface area is 122 Å². The van der Waals surface area contributed by atoms with Crippen LogP contribution in [0.4, 0.5) is 4.39 Å². The lowest BCUT2D eigenvalue weighted by Crippen LogP contribution is -2.31. The third kappa shape index (κ3) is 2.71. The van der Waals surface area contributed by atoms with Crippen molar-refractivity contribution >= 4 is 15.9 Å². The fourth-order valence-corrected chi connectivity index (χ4v) is 4.66. The highest BCUT2D eigenvalue weighted by atomic mass is 79.9. The first-order valence-corrected chi connectivity index (χ1v) is 7.87. The zero-order valence-electron chi connectivity index (χ0n) is 10.9. The van der Waals surface area contributed by atoms with Crippen LogP contribution in [-0.2, 0) is 0 Å². The maximum Gasteiger partial charge on any atom is 0.124 e. The maximum absolute atomic E-state index is 13.2. The summed E-state index contributed by atoms with van der Waals surface area (Å²) in [5.74, 6) is 8.12. The minimum Gasteiger partial charge on any atom is -0.271 e. The largest absolute Gasteiger partial charge is 0.271 e. The van der Waals surface area contributed by atoms with E-state index in [0.717, 1.165) is 34.2 Å². The molecule has 2 bridgehead atoms. The van der Waals surface area contributed by atoms with Crippen molar-refractivity contribution in [3.05, 3.63) is 34.1 Å². The molecule has 2 aliphatic carbocycles. The Balaban J connectivity index is 1.73. The van der Waals surface area contributed by atoms with E-state index >= 15 is 0 Å². The van der Waals surface area contributed by atoms with Crippen molar-refractivity contribution in [2.75, 3.05) is 0 Å². The Bertz CT molecular complexity index is 465. The fourth-order valence-electron chi connectivity index (χ4n) is 4.04. The van der Waals surface area contributed by atoms with Crippen LogP contribution in [0.5, 0.6) is 0 Å². The van der Waals surface area contributed by atoms with Gasteiger partial charge in [0.15, 0.2) is 0 Å². The first-order valence-electron chi connectivity index (χ1n) is 7.08. The van der Waals surface area contributed by atoms with Gasteiger partial charge in [0.05, 0.1) is 0 Å². The topological polar surface area (TPSA) is 38.0 Å². The zero-order valence-corrected chi connectivity index (χ0v) is 12.5. The molecule has 0 heterocycles. The van der Waals surface area contributed by atoms with E-state index in [1.165, 1.54) is 37.8 Å². The number of hydrogen-bond acceptors (Lipinski definition) is 2. The molecule has 0 aliphatic heterocycles. The van der Waals surface area contributed by atoms with E-state index in [4.69, 9.17) is 5.84 Å². The molecule has 0 saturated heterocycles. The summed E-state index contributed by atoms with van der Waals surface area (Å²) in [6.07, 6.45) is 6.62. The molecule has 2 fully saturated rings. The van der Waals surface area contributed by atoms with Crippen LogP contribution in [0, 0.1) is 23.6 Å². The van der Waals surface area contributed by atoms with Gasteiger partial charge in [-0.2, -0.15) is 0 Å². The van der Waals surface area contributed by atoms with Crippen molar-refractivity contribution in [1.82, 2.24) is 5.43 Å². The highest BCUT2D eigenvalue weighted by Crippen LogP contribution is 2.51. The second-order valence-corrected chi connectivity index (χ2v) is 6.91. The number of halogens is 2. The average Bonchev–Trinajstić information content (AvgIpc) is 2.99. The minimum atomic E-state index is -0.216. The summed E-state index contributed by atoms with van der Waals surface area (Å²) in [5.41, 5.74) is 3.97. The standard InChI is InChI=1S/C15H20BrFN2/c16-14-8-12(17)3-4-13(14)15(19-18)7-11-6-9-1-2-10(11)5-9/h3-4,8-11,15,19H,1-2,5-7,18H2. The number of hydrazine groups is 1. The number of fused-ring (bicyclic) bond motifs is 2. The first kappa shape index (κ1) is 13.5. The van der Waals surface area contributed by atoms with Crippen LogP contribution in [0.25, 0.3) is 0 Å². The summed E-state index contributed by atoms with van der Waals surface area (Å²) < 4.78 is 14.0. The van der Waals surface area contributed by atoms with Crippen LogP contribution in [0.15, 0.2) is 22.7 Å². The highest BCUT2D eigenvalue weighted by molar-refractivity contribution is 9.10. The summed E-state index contributed by atoms with van der Waals surface area (Å²) in [6, 6.07) is 4.96. The Hall–Kier alpha value is -0.450. The van der Waals surface area contributed by atoms with Crippen LogP contribution in [-0.4, -0.2) is 0 Å². The first-order chi connectivity index (χ1) is 9.17. The summed E-state index contributed by atoms with van der Waals surface area (Å²) >= 11 is 3.44. The normalized spacial score (nSPS) is 30.8. The van der Waals surface area contributed by atoms with Gasteiger partial charge in [-0.3, -0.25) is 11.3 Å². The molecule has 0 spiro atoms. The SMILES string of the molecule is NNC(CC1CC2CCC1C2)c1ccc(F)cc1Br. The van der Waals surface area contributed by atoms with Gasteiger partial charge in [-0.05, 0) is 61.1 Å². The molecule has 1 aromatic rings. The van der Waals surface area contributed by atoms with Crippen molar-refractivity contribution in [3.8, 4) is 0 Å². The molecular weight excluding hydrogens is 307 g/mol. The summed E-state index contributed by atoms with van der Waals surface area (Å²) in [5, 5.41) is 0. The van der Waals surface area contributed by atoms with Crippen molar-refractivity contribution in [2.24, 2.45) is 23.6 Å². The molecule has 2 aliphatic rings. The molecule has 2 nitrogen and oxygen atoms in total. The van der Waals surface area contributed by atoms with E-state index in [2.05, 4.69) is 21.4 Å². The van der Waals surface area contributed by atoms with Gasteiger partial charge in [0.25, 0.3) is 0 Å². The molecule has 0 radical (unpaired) electrons. The lowest BCUT2D eigenvalue weighted by Gasteiger charge is -2.27. The Morgan fingerprint density at radius 3 is 2.79 bits per heavy atom. The van der Waals surface area contributed by atoms with E-state index in [1.54, 1.807) is 0 Å². The summed E-state index contributed by atoms with van der Waals surface area (Å²) in [7, 11) is 0. The van der Waals surface area contributed by atoms with Gasteiger partial charge < -0.3 is 0 Å². The quantitative estimate of drug-likeness (QED) is 0.650. The molecule has 2 saturated carbocycles. The fraction of sp³-hybridized carbons (Fsp3) is 0.600. The van der Waals surface area contributed by atoms with Crippen LogP contribution in [0.1, 0.15) is 43.7 Å². The van der Waals surface area contributed by atoms with Crippen molar-refractivity contribution in [3.63, 3.8) is 0 Å². The molecule has 4 atom stereocenters. The zero-order chi connectivity index (χ0) is 13.4. The van der Waals surface area contributed by atoms with Gasteiger partial charge in [0, 0.05) is 10.5 Å². The molecule has 3 N–H and O–H groups in total.